The Morgan fingerprint density at radius 2 is 2.12 bits per heavy atom. The van der Waals surface area contributed by atoms with E-state index in [9.17, 15) is 4.79 Å². The zero-order valence-corrected chi connectivity index (χ0v) is 10.2. The average molecular weight is 218 g/mol. The van der Waals surface area contributed by atoms with Gasteiger partial charge in [0.1, 0.15) is 5.78 Å². The molecular formula is C13H18N2O. The van der Waals surface area contributed by atoms with Gasteiger partial charge in [-0.15, -0.1) is 0 Å². The lowest BCUT2D eigenvalue weighted by molar-refractivity contribution is -0.116. The summed E-state index contributed by atoms with van der Waals surface area (Å²) in [4.78, 5) is 11.1. The van der Waals surface area contributed by atoms with Gasteiger partial charge in [0.05, 0.1) is 5.69 Å². The molecule has 0 unspecified atom stereocenters. The predicted octanol–water partition coefficient (Wildman–Crippen LogP) is 1.66. The lowest BCUT2D eigenvalue weighted by Crippen LogP contribution is -2.41. The van der Waals surface area contributed by atoms with Gasteiger partial charge in [-0.1, -0.05) is 12.1 Å². The molecule has 0 aromatic heterocycles. The molecule has 1 heterocycles. The van der Waals surface area contributed by atoms with E-state index in [1.54, 1.807) is 6.92 Å². The number of hydrogen-bond donors (Lipinski definition) is 0. The number of ketones is 1. The van der Waals surface area contributed by atoms with Crippen LogP contribution in [-0.4, -0.2) is 31.4 Å². The molecule has 0 saturated heterocycles. The monoisotopic (exact) mass is 218 g/mol. The highest BCUT2D eigenvalue weighted by molar-refractivity contribution is 5.78. The van der Waals surface area contributed by atoms with Crippen LogP contribution in [-0.2, 0) is 17.6 Å². The Hall–Kier alpha value is -1.35. The van der Waals surface area contributed by atoms with Gasteiger partial charge in [0.2, 0.25) is 0 Å². The Bertz CT molecular complexity index is 414. The summed E-state index contributed by atoms with van der Waals surface area (Å²) in [5.74, 6) is 0.215. The molecule has 0 aliphatic carbocycles. The van der Waals surface area contributed by atoms with E-state index in [1.165, 1.54) is 11.3 Å². The predicted molar refractivity (Wildman–Crippen MR) is 65.6 cm³/mol. The summed E-state index contributed by atoms with van der Waals surface area (Å²) >= 11 is 0. The second-order valence-electron chi connectivity index (χ2n) is 4.50. The summed E-state index contributed by atoms with van der Waals surface area (Å²) in [5, 5.41) is 4.35. The molecule has 16 heavy (non-hydrogen) atoms. The number of Topliss-reactive ketones (excluding diaryl/α,β-unsaturated/α-hetero) is 1. The maximum atomic E-state index is 11.1. The minimum atomic E-state index is 0.215. The molecule has 0 bridgehead atoms. The van der Waals surface area contributed by atoms with Crippen LogP contribution in [0.1, 0.15) is 18.1 Å². The Morgan fingerprint density at radius 1 is 1.38 bits per heavy atom. The molecule has 1 aliphatic rings. The lowest BCUT2D eigenvalue weighted by Gasteiger charge is -2.36. The van der Waals surface area contributed by atoms with Crippen LogP contribution >= 0.6 is 0 Å². The quantitative estimate of drug-likeness (QED) is 0.754. The summed E-state index contributed by atoms with van der Waals surface area (Å²) in [7, 11) is 4.15. The smallest absolute Gasteiger partial charge is 0.134 e. The Balaban J connectivity index is 2.32. The van der Waals surface area contributed by atoms with Crippen molar-refractivity contribution in [3.05, 3.63) is 29.3 Å². The van der Waals surface area contributed by atoms with E-state index in [1.807, 2.05) is 0 Å². The van der Waals surface area contributed by atoms with Crippen LogP contribution in [0.5, 0.6) is 0 Å². The highest BCUT2D eigenvalue weighted by Gasteiger charge is 2.18. The first kappa shape index (κ1) is 11.1. The molecule has 1 aromatic carbocycles. The minimum Gasteiger partial charge on any atom is -0.309 e. The molecule has 0 spiro atoms. The number of carbonyl (C=O) groups is 1. The van der Waals surface area contributed by atoms with Crippen molar-refractivity contribution >= 4 is 11.5 Å². The Kier molecular flexibility index (Phi) is 2.97. The van der Waals surface area contributed by atoms with E-state index < -0.39 is 0 Å². The average Bonchev–Trinajstić information content (AvgIpc) is 2.23. The van der Waals surface area contributed by atoms with Gasteiger partial charge in [-0.2, -0.15) is 0 Å². The number of rotatable bonds is 2. The zero-order valence-electron chi connectivity index (χ0n) is 10.2. The van der Waals surface area contributed by atoms with Crippen molar-refractivity contribution in [3.63, 3.8) is 0 Å². The molecule has 2 rings (SSSR count). The Labute approximate surface area is 96.6 Å². The van der Waals surface area contributed by atoms with E-state index in [0.717, 1.165) is 18.5 Å². The third-order valence-corrected chi connectivity index (χ3v) is 3.17. The number of nitrogens with zero attached hydrogens (tertiary/aromatic N) is 2. The van der Waals surface area contributed by atoms with Gasteiger partial charge >= 0.3 is 0 Å². The molecule has 0 atom stereocenters. The Morgan fingerprint density at radius 3 is 2.81 bits per heavy atom. The largest absolute Gasteiger partial charge is 0.309 e. The third-order valence-electron chi connectivity index (χ3n) is 3.17. The van der Waals surface area contributed by atoms with Crippen LogP contribution < -0.4 is 5.01 Å². The van der Waals surface area contributed by atoms with Crippen LogP contribution in [0.2, 0.25) is 0 Å². The molecule has 0 N–H and O–H groups in total. The summed E-state index contributed by atoms with van der Waals surface area (Å²) in [5.41, 5.74) is 3.70. The fraction of sp³-hybridized carbons (Fsp3) is 0.462. The molecule has 0 saturated carbocycles. The summed E-state index contributed by atoms with van der Waals surface area (Å²) in [6.45, 7) is 2.69. The highest BCUT2D eigenvalue weighted by Crippen LogP contribution is 2.26. The van der Waals surface area contributed by atoms with E-state index >= 15 is 0 Å². The number of carbonyl (C=O) groups excluding carboxylic acids is 1. The maximum absolute atomic E-state index is 11.1. The number of fused-ring (bicyclic) bond motifs is 1. The molecule has 0 radical (unpaired) electrons. The molecule has 1 aromatic rings. The van der Waals surface area contributed by atoms with E-state index in [0.29, 0.717) is 6.42 Å². The second-order valence-corrected chi connectivity index (χ2v) is 4.50. The van der Waals surface area contributed by atoms with Gasteiger partial charge in [0.15, 0.2) is 0 Å². The zero-order chi connectivity index (χ0) is 11.7. The fourth-order valence-corrected chi connectivity index (χ4v) is 2.14. The van der Waals surface area contributed by atoms with Gasteiger partial charge in [-0.25, -0.2) is 5.01 Å². The molecule has 3 heteroatoms. The normalized spacial score (nSPS) is 16.1. The number of hydrazine groups is 1. The molecule has 0 amide bonds. The molecule has 3 nitrogen and oxygen atoms in total. The minimum absolute atomic E-state index is 0.215. The van der Waals surface area contributed by atoms with Crippen molar-refractivity contribution in [2.75, 3.05) is 25.6 Å². The van der Waals surface area contributed by atoms with Crippen LogP contribution in [0.3, 0.4) is 0 Å². The van der Waals surface area contributed by atoms with Crippen LogP contribution in [0.25, 0.3) is 0 Å². The summed E-state index contributed by atoms with van der Waals surface area (Å²) in [6.07, 6.45) is 1.61. The number of likely N-dealkylation sites (N-methyl/N-ethyl adjacent to an activating group) is 1. The van der Waals surface area contributed by atoms with Crippen LogP contribution in [0.4, 0.5) is 5.69 Å². The number of hydrogen-bond acceptors (Lipinski definition) is 3. The van der Waals surface area contributed by atoms with E-state index in [-0.39, 0.29) is 5.78 Å². The molecular weight excluding hydrogens is 200 g/mol. The van der Waals surface area contributed by atoms with Crippen molar-refractivity contribution in [2.45, 2.75) is 19.8 Å². The van der Waals surface area contributed by atoms with Gasteiger partial charge in [0, 0.05) is 27.1 Å². The van der Waals surface area contributed by atoms with Gasteiger partial charge in [-0.05, 0) is 30.5 Å². The van der Waals surface area contributed by atoms with Crippen molar-refractivity contribution < 1.29 is 4.79 Å². The topological polar surface area (TPSA) is 23.6 Å². The van der Waals surface area contributed by atoms with Crippen molar-refractivity contribution in [1.29, 1.82) is 0 Å². The number of benzene rings is 1. The van der Waals surface area contributed by atoms with Crippen molar-refractivity contribution in [2.24, 2.45) is 0 Å². The number of anilines is 1. The van der Waals surface area contributed by atoms with Crippen LogP contribution in [0, 0.1) is 0 Å². The van der Waals surface area contributed by atoms with E-state index in [2.05, 4.69) is 42.3 Å². The first-order chi connectivity index (χ1) is 7.58. The first-order valence-electron chi connectivity index (χ1n) is 5.64. The highest BCUT2D eigenvalue weighted by atomic mass is 16.1. The molecule has 86 valence electrons. The third kappa shape index (κ3) is 2.09. The second kappa shape index (κ2) is 4.26. The van der Waals surface area contributed by atoms with Crippen molar-refractivity contribution in [1.82, 2.24) is 5.01 Å². The van der Waals surface area contributed by atoms with E-state index in [4.69, 9.17) is 0 Å². The standard InChI is InChI=1S/C13H18N2O/c1-10(16)8-11-4-5-12-6-7-14(2)15(3)13(12)9-11/h4-5,9H,6-8H2,1-3H3. The molecule has 1 aliphatic heterocycles. The van der Waals surface area contributed by atoms with Gasteiger partial charge in [-0.3, -0.25) is 4.79 Å². The summed E-state index contributed by atoms with van der Waals surface area (Å²) in [6, 6.07) is 6.35. The lowest BCUT2D eigenvalue weighted by atomic mass is 10.0. The summed E-state index contributed by atoms with van der Waals surface area (Å²) < 4.78 is 0. The fourth-order valence-electron chi connectivity index (χ4n) is 2.14. The first-order valence-corrected chi connectivity index (χ1v) is 5.64. The SMILES string of the molecule is CC(=O)Cc1ccc2c(c1)N(C)N(C)CC2. The van der Waals surface area contributed by atoms with Crippen molar-refractivity contribution in [3.8, 4) is 0 Å². The van der Waals surface area contributed by atoms with Gasteiger partial charge < -0.3 is 5.01 Å². The van der Waals surface area contributed by atoms with Gasteiger partial charge in [0.25, 0.3) is 0 Å². The maximum Gasteiger partial charge on any atom is 0.134 e. The van der Waals surface area contributed by atoms with Crippen LogP contribution in [0.15, 0.2) is 18.2 Å². The molecule has 0 fully saturated rings.